The van der Waals surface area contributed by atoms with E-state index in [9.17, 15) is 13.2 Å². The molecule has 1 atom stereocenters. The van der Waals surface area contributed by atoms with Crippen LogP contribution in [0.4, 0.5) is 5.69 Å². The number of nitrogens with one attached hydrogen (secondary N) is 1. The Morgan fingerprint density at radius 2 is 1.93 bits per heavy atom. The molecule has 0 spiro atoms. The predicted molar refractivity (Wildman–Crippen MR) is 106 cm³/mol. The molecule has 1 fully saturated rings. The van der Waals surface area contributed by atoms with Gasteiger partial charge in [-0.1, -0.05) is 12.1 Å². The van der Waals surface area contributed by atoms with Crippen molar-refractivity contribution in [1.82, 2.24) is 4.90 Å². The molecule has 1 amide bonds. The number of nitrogens with zero attached hydrogens (tertiary/aromatic N) is 2. The quantitative estimate of drug-likeness (QED) is 0.857. The second kappa shape index (κ2) is 7.27. The summed E-state index contributed by atoms with van der Waals surface area (Å²) in [4.78, 5) is 14.9. The zero-order valence-electron chi connectivity index (χ0n) is 15.5. The number of ether oxygens (including phenoxy) is 1. The van der Waals surface area contributed by atoms with E-state index in [0.29, 0.717) is 30.2 Å². The van der Waals surface area contributed by atoms with Gasteiger partial charge in [0.2, 0.25) is 5.91 Å². The highest BCUT2D eigenvalue weighted by Crippen LogP contribution is 2.30. The minimum Gasteiger partial charge on any atom is -0.497 e. The number of anilines is 1. The number of benzene rings is 2. The summed E-state index contributed by atoms with van der Waals surface area (Å²) < 4.78 is 33.7. The largest absolute Gasteiger partial charge is 0.497 e. The fourth-order valence-corrected chi connectivity index (χ4v) is 4.85. The molecule has 28 heavy (non-hydrogen) atoms. The zero-order chi connectivity index (χ0) is 19.7. The first-order valence-electron chi connectivity index (χ1n) is 9.12. The highest BCUT2D eigenvalue weighted by Gasteiger charge is 2.35. The van der Waals surface area contributed by atoms with Crippen molar-refractivity contribution >= 4 is 27.5 Å². The summed E-state index contributed by atoms with van der Waals surface area (Å²) in [5.74, 6) is 0.845. The lowest BCUT2D eigenvalue weighted by Gasteiger charge is -2.33. The van der Waals surface area contributed by atoms with Crippen molar-refractivity contribution in [2.24, 2.45) is 10.3 Å². The van der Waals surface area contributed by atoms with Crippen molar-refractivity contribution in [3.8, 4) is 5.75 Å². The Balaban J connectivity index is 1.49. The Hall–Kier alpha value is -2.87. The molecule has 0 saturated carbocycles. The average Bonchev–Trinajstić information content (AvgIpc) is 3.00. The first-order chi connectivity index (χ1) is 13.5. The molecule has 1 saturated heterocycles. The van der Waals surface area contributed by atoms with Gasteiger partial charge in [-0.05, 0) is 49.2 Å². The Bertz CT molecular complexity index is 1030. The van der Waals surface area contributed by atoms with Crippen LogP contribution in [0.5, 0.6) is 5.75 Å². The number of amidine groups is 1. The number of carbonyl (C=O) groups is 1. The van der Waals surface area contributed by atoms with Gasteiger partial charge in [0, 0.05) is 24.3 Å². The number of fused-ring (bicyclic) bond motifs is 1. The second-order valence-corrected chi connectivity index (χ2v) is 8.46. The second-order valence-electron chi connectivity index (χ2n) is 6.89. The van der Waals surface area contributed by atoms with Crippen LogP contribution in [0.3, 0.4) is 0 Å². The summed E-state index contributed by atoms with van der Waals surface area (Å²) in [6.07, 6.45) is 1.54. The van der Waals surface area contributed by atoms with Crippen molar-refractivity contribution in [3.63, 3.8) is 0 Å². The van der Waals surface area contributed by atoms with Gasteiger partial charge in [0.1, 0.15) is 10.6 Å². The highest BCUT2D eigenvalue weighted by molar-refractivity contribution is 7.90. The van der Waals surface area contributed by atoms with Gasteiger partial charge in [0.25, 0.3) is 10.0 Å². The Labute approximate surface area is 164 Å². The maximum atomic E-state index is 12.7. The third-order valence-corrected chi connectivity index (χ3v) is 6.39. The van der Waals surface area contributed by atoms with Crippen molar-refractivity contribution in [3.05, 3.63) is 54.1 Å². The first kappa shape index (κ1) is 18.5. The number of methoxy groups -OCH3 is 1. The third kappa shape index (κ3) is 3.47. The molecule has 7 nitrogen and oxygen atoms in total. The van der Waals surface area contributed by atoms with Crippen LogP contribution in [0.25, 0.3) is 0 Å². The van der Waals surface area contributed by atoms with Gasteiger partial charge in [-0.2, -0.15) is 8.42 Å². The van der Waals surface area contributed by atoms with Crippen LogP contribution in [0.2, 0.25) is 0 Å². The van der Waals surface area contributed by atoms with Crippen LogP contribution in [-0.4, -0.2) is 45.3 Å². The Morgan fingerprint density at radius 3 is 2.68 bits per heavy atom. The smallest absolute Gasteiger partial charge is 0.285 e. The molecule has 0 bridgehead atoms. The van der Waals surface area contributed by atoms with Crippen LogP contribution in [0.15, 0.2) is 57.8 Å². The van der Waals surface area contributed by atoms with E-state index in [-0.39, 0.29) is 16.7 Å². The Morgan fingerprint density at radius 1 is 1.18 bits per heavy atom. The molecule has 1 unspecified atom stereocenters. The molecule has 2 aromatic carbocycles. The maximum Gasteiger partial charge on any atom is 0.285 e. The van der Waals surface area contributed by atoms with Crippen molar-refractivity contribution in [2.45, 2.75) is 17.7 Å². The molecule has 4 rings (SSSR count). The molecule has 0 aliphatic carbocycles. The fraction of sp³-hybridized carbons (Fsp3) is 0.300. The number of amides is 1. The van der Waals surface area contributed by atoms with Gasteiger partial charge in [-0.3, -0.25) is 4.79 Å². The lowest BCUT2D eigenvalue weighted by molar-refractivity contribution is -0.121. The van der Waals surface area contributed by atoms with E-state index >= 15 is 0 Å². The van der Waals surface area contributed by atoms with E-state index in [4.69, 9.17) is 4.74 Å². The number of hydrogen-bond acceptors (Lipinski definition) is 5. The summed E-state index contributed by atoms with van der Waals surface area (Å²) in [5.41, 5.74) is 1.31. The molecule has 2 heterocycles. The molecule has 2 aromatic rings. The highest BCUT2D eigenvalue weighted by atomic mass is 32.2. The summed E-state index contributed by atoms with van der Waals surface area (Å²) in [7, 11) is -2.07. The lowest BCUT2D eigenvalue weighted by atomic mass is 9.96. The topological polar surface area (TPSA) is 88.1 Å². The van der Waals surface area contributed by atoms with E-state index < -0.39 is 10.0 Å². The molecule has 1 N–H and O–H groups in total. The number of piperidine rings is 1. The summed E-state index contributed by atoms with van der Waals surface area (Å²) in [6, 6.07) is 14.0. The predicted octanol–water partition coefficient (Wildman–Crippen LogP) is 2.49. The third-order valence-electron chi connectivity index (χ3n) is 5.06. The van der Waals surface area contributed by atoms with Gasteiger partial charge in [0.15, 0.2) is 5.84 Å². The van der Waals surface area contributed by atoms with Crippen molar-refractivity contribution in [1.29, 1.82) is 0 Å². The number of carbonyl (C=O) groups excluding carboxylic acids is 1. The molecular formula is C20H21N3O4S. The van der Waals surface area contributed by atoms with E-state index in [1.165, 1.54) is 0 Å². The maximum absolute atomic E-state index is 12.7. The number of likely N-dealkylation sites (tertiary alicyclic amines) is 1. The van der Waals surface area contributed by atoms with Gasteiger partial charge >= 0.3 is 0 Å². The van der Waals surface area contributed by atoms with Crippen LogP contribution >= 0.6 is 0 Å². The van der Waals surface area contributed by atoms with E-state index in [1.807, 2.05) is 4.90 Å². The number of hydrogen-bond donors (Lipinski definition) is 1. The summed E-state index contributed by atoms with van der Waals surface area (Å²) in [6.45, 7) is 1.11. The van der Waals surface area contributed by atoms with Gasteiger partial charge in [0.05, 0.1) is 13.0 Å². The van der Waals surface area contributed by atoms with Crippen LogP contribution in [-0.2, 0) is 14.8 Å². The fourth-order valence-electron chi connectivity index (χ4n) is 3.62. The van der Waals surface area contributed by atoms with Gasteiger partial charge < -0.3 is 15.0 Å². The van der Waals surface area contributed by atoms with Crippen LogP contribution in [0.1, 0.15) is 18.4 Å². The van der Waals surface area contributed by atoms with Crippen LogP contribution in [0, 0.1) is 5.92 Å². The molecule has 8 heteroatoms. The Kier molecular flexibility index (Phi) is 4.80. The van der Waals surface area contributed by atoms with Gasteiger partial charge in [-0.15, -0.1) is 4.40 Å². The van der Waals surface area contributed by atoms with Crippen molar-refractivity contribution < 1.29 is 17.9 Å². The lowest BCUT2D eigenvalue weighted by Crippen LogP contribution is -2.43. The standard InChI is InChI=1S/C20H21N3O4S/c1-27-16-10-8-15(9-11-16)21-20(24)14-5-4-12-23(13-14)19-17-6-2-3-7-18(17)28(25,26)22-19/h2-3,6-11,14H,4-5,12-13H2,1H3,(H,21,24). The molecule has 0 radical (unpaired) electrons. The number of rotatable bonds is 3. The molecule has 0 aromatic heterocycles. The van der Waals surface area contributed by atoms with E-state index in [0.717, 1.165) is 18.6 Å². The van der Waals surface area contributed by atoms with Crippen molar-refractivity contribution in [2.75, 3.05) is 25.5 Å². The molecule has 146 valence electrons. The minimum atomic E-state index is -3.66. The molecule has 2 aliphatic heterocycles. The summed E-state index contributed by atoms with van der Waals surface area (Å²) >= 11 is 0. The molecular weight excluding hydrogens is 378 g/mol. The normalized spacial score (nSPS) is 20.2. The zero-order valence-corrected chi connectivity index (χ0v) is 16.3. The minimum absolute atomic E-state index is 0.0791. The average molecular weight is 399 g/mol. The molecule has 2 aliphatic rings. The van der Waals surface area contributed by atoms with Crippen LogP contribution < -0.4 is 10.1 Å². The summed E-state index contributed by atoms with van der Waals surface area (Å²) in [5, 5.41) is 2.93. The number of sulfonamides is 1. The van der Waals surface area contributed by atoms with Gasteiger partial charge in [-0.25, -0.2) is 0 Å². The monoisotopic (exact) mass is 399 g/mol. The first-order valence-corrected chi connectivity index (χ1v) is 10.6. The SMILES string of the molecule is COc1ccc(NC(=O)C2CCCN(C3=NS(=O)(=O)c4ccccc43)C2)cc1. The van der Waals surface area contributed by atoms with E-state index in [1.54, 1.807) is 55.6 Å². The van der Waals surface area contributed by atoms with E-state index in [2.05, 4.69) is 9.71 Å².